The summed E-state index contributed by atoms with van der Waals surface area (Å²) in [6.45, 7) is 3.97. The molecule has 10 atom stereocenters. The molecule has 0 saturated carbocycles. The van der Waals surface area contributed by atoms with E-state index in [1.165, 1.54) is 0 Å². The van der Waals surface area contributed by atoms with Gasteiger partial charge < -0.3 is 52.5 Å². The third kappa shape index (κ3) is 13.0. The number of aliphatic hydroxyl groups is 1. The molecule has 60 heavy (non-hydrogen) atoms. The molecule has 0 spiro atoms. The first-order valence-electron chi connectivity index (χ1n) is 19.8. The molecule has 4 aromatic carbocycles. The van der Waals surface area contributed by atoms with E-state index in [9.17, 15) is 19.5 Å². The average Bonchev–Trinajstić information content (AvgIpc) is 3.24. The summed E-state index contributed by atoms with van der Waals surface area (Å²) in [6, 6.07) is 38.7. The molecule has 2 saturated heterocycles. The number of rotatable bonds is 19. The van der Waals surface area contributed by atoms with Crippen molar-refractivity contribution in [3.63, 3.8) is 0 Å². The number of ether oxygens (including phenoxy) is 10. The van der Waals surface area contributed by atoms with Crippen LogP contribution in [0, 0.1) is 0 Å². The van der Waals surface area contributed by atoms with Crippen LogP contribution < -0.4 is 0 Å². The van der Waals surface area contributed by atoms with Crippen molar-refractivity contribution in [1.29, 1.82) is 0 Å². The van der Waals surface area contributed by atoms with Gasteiger partial charge in [-0.3, -0.25) is 14.4 Å². The molecule has 2 aliphatic rings. The molecule has 0 amide bonds. The maximum atomic E-state index is 12.4. The lowest BCUT2D eigenvalue weighted by molar-refractivity contribution is -0.343. The largest absolute Gasteiger partial charge is 0.456 e. The molecule has 2 aliphatic heterocycles. The van der Waals surface area contributed by atoms with E-state index in [0.717, 1.165) is 43.0 Å². The van der Waals surface area contributed by atoms with E-state index in [1.54, 1.807) is 0 Å². The van der Waals surface area contributed by atoms with Crippen LogP contribution in [0.1, 0.15) is 43.0 Å². The van der Waals surface area contributed by atoms with E-state index in [0.29, 0.717) is 6.61 Å². The standard InChI is InChI=1S/C46H52O14/c1-30(47)56-40-38(59-45(50)43(58-32(3)49)42(40)57-31(2)48)29-55-46-44(54-27-36-22-14-7-15-23-36)41(53-26-35-20-12-6-13-21-35)39(52-25-34-18-10-5-11-19-34)37(60-46)28-51-24-33-16-8-4-9-17-33/h4-23,37-46,50H,24-29H2,1-3H3/t37-,38-,39-,40-,41+,42+,43-,44-,45+,46-/m1/s1. The summed E-state index contributed by atoms with van der Waals surface area (Å²) >= 11 is 0. The number of carbonyl (C=O) groups excluding carboxylic acids is 3. The third-order valence-electron chi connectivity index (χ3n) is 9.78. The Morgan fingerprint density at radius 1 is 0.450 bits per heavy atom. The van der Waals surface area contributed by atoms with Crippen LogP contribution in [0.25, 0.3) is 0 Å². The number of benzene rings is 4. The van der Waals surface area contributed by atoms with Gasteiger partial charge >= 0.3 is 17.9 Å². The smallest absolute Gasteiger partial charge is 0.303 e. The lowest BCUT2D eigenvalue weighted by Gasteiger charge is -2.47. The second-order valence-electron chi connectivity index (χ2n) is 14.4. The van der Waals surface area contributed by atoms with Gasteiger partial charge in [0.25, 0.3) is 0 Å². The molecule has 0 bridgehead atoms. The van der Waals surface area contributed by atoms with Crippen LogP contribution in [0.15, 0.2) is 121 Å². The Morgan fingerprint density at radius 2 is 0.850 bits per heavy atom. The van der Waals surface area contributed by atoms with Gasteiger partial charge in [0.1, 0.15) is 30.5 Å². The van der Waals surface area contributed by atoms with Crippen molar-refractivity contribution in [1.82, 2.24) is 0 Å². The van der Waals surface area contributed by atoms with Crippen molar-refractivity contribution >= 4 is 17.9 Å². The quantitative estimate of drug-likeness (QED) is 0.0968. The van der Waals surface area contributed by atoms with E-state index < -0.39 is 79.3 Å². The van der Waals surface area contributed by atoms with Crippen molar-refractivity contribution in [2.75, 3.05) is 13.2 Å². The molecule has 1 N–H and O–H groups in total. The van der Waals surface area contributed by atoms with Crippen LogP contribution in [0.2, 0.25) is 0 Å². The summed E-state index contributed by atoms with van der Waals surface area (Å²) in [6.07, 6.45) is -11.8. The average molecular weight is 829 g/mol. The summed E-state index contributed by atoms with van der Waals surface area (Å²) in [5.41, 5.74) is 3.68. The van der Waals surface area contributed by atoms with Crippen molar-refractivity contribution in [2.45, 2.75) is 109 Å². The third-order valence-corrected chi connectivity index (χ3v) is 9.78. The zero-order valence-corrected chi connectivity index (χ0v) is 33.8. The maximum absolute atomic E-state index is 12.4. The summed E-state index contributed by atoms with van der Waals surface area (Å²) < 4.78 is 61.9. The number of aliphatic hydroxyl groups excluding tert-OH is 1. The molecule has 14 nitrogen and oxygen atoms in total. The molecule has 6 rings (SSSR count). The summed E-state index contributed by atoms with van der Waals surface area (Å²) in [5, 5.41) is 11.1. The minimum Gasteiger partial charge on any atom is -0.456 e. The van der Waals surface area contributed by atoms with Crippen LogP contribution in [0.4, 0.5) is 0 Å². The minimum absolute atomic E-state index is 0.0676. The molecule has 320 valence electrons. The highest BCUT2D eigenvalue weighted by atomic mass is 16.7. The van der Waals surface area contributed by atoms with Gasteiger partial charge in [0, 0.05) is 20.8 Å². The maximum Gasteiger partial charge on any atom is 0.303 e. The molecular weight excluding hydrogens is 776 g/mol. The lowest BCUT2D eigenvalue weighted by atomic mass is 9.97. The predicted molar refractivity (Wildman–Crippen MR) is 213 cm³/mol. The summed E-state index contributed by atoms with van der Waals surface area (Å²) in [7, 11) is 0. The summed E-state index contributed by atoms with van der Waals surface area (Å²) in [4.78, 5) is 36.7. The fourth-order valence-electron chi connectivity index (χ4n) is 7.08. The SMILES string of the molecule is CC(=O)O[C@@H]1[C@@H](OC(C)=O)[C@@H](O)O[C@H](CO[C@@H]2O[C@H](COCc3ccccc3)[C@@H](OCc3ccccc3)[C@H](OCc3ccccc3)[C@H]2OCc2ccccc2)[C@H]1OC(C)=O. The van der Waals surface area contributed by atoms with E-state index in [4.69, 9.17) is 47.4 Å². The Hall–Kier alpha value is -5.03. The molecule has 2 heterocycles. The Kier molecular flexibility index (Phi) is 16.7. The van der Waals surface area contributed by atoms with Crippen LogP contribution in [0.5, 0.6) is 0 Å². The zero-order chi connectivity index (χ0) is 42.3. The minimum atomic E-state index is -1.78. The van der Waals surface area contributed by atoms with Gasteiger partial charge in [-0.2, -0.15) is 0 Å². The Labute approximate surface area is 349 Å². The van der Waals surface area contributed by atoms with Crippen LogP contribution in [-0.2, 0) is 88.2 Å². The van der Waals surface area contributed by atoms with Crippen LogP contribution >= 0.6 is 0 Å². The van der Waals surface area contributed by atoms with Crippen LogP contribution in [0.3, 0.4) is 0 Å². The zero-order valence-electron chi connectivity index (χ0n) is 33.8. The Morgan fingerprint density at radius 3 is 1.33 bits per heavy atom. The van der Waals surface area contributed by atoms with Crippen molar-refractivity contribution in [3.05, 3.63) is 144 Å². The second kappa shape index (κ2) is 22.5. The Balaban J connectivity index is 1.34. The summed E-state index contributed by atoms with van der Waals surface area (Å²) in [5.74, 6) is -2.30. The fourth-order valence-corrected chi connectivity index (χ4v) is 7.08. The first kappa shape index (κ1) is 44.5. The number of hydrogen-bond donors (Lipinski definition) is 1. The van der Waals surface area contributed by atoms with Gasteiger partial charge in [-0.15, -0.1) is 0 Å². The van der Waals surface area contributed by atoms with Crippen molar-refractivity contribution in [3.8, 4) is 0 Å². The molecule has 4 aromatic rings. The molecule has 0 aliphatic carbocycles. The van der Waals surface area contributed by atoms with Gasteiger partial charge in [-0.25, -0.2) is 0 Å². The highest BCUT2D eigenvalue weighted by Crippen LogP contribution is 2.34. The highest BCUT2D eigenvalue weighted by molar-refractivity contribution is 5.68. The lowest BCUT2D eigenvalue weighted by Crippen LogP contribution is -2.64. The highest BCUT2D eigenvalue weighted by Gasteiger charge is 2.53. The molecule has 0 aromatic heterocycles. The Bertz CT molecular complexity index is 1900. The second-order valence-corrected chi connectivity index (χ2v) is 14.4. The molecule has 2 fully saturated rings. The van der Waals surface area contributed by atoms with Crippen molar-refractivity contribution < 1.29 is 66.9 Å². The predicted octanol–water partition coefficient (Wildman–Crippen LogP) is 5.21. The number of esters is 3. The van der Waals surface area contributed by atoms with Gasteiger partial charge in [0.05, 0.1) is 39.6 Å². The number of carbonyl (C=O) groups is 3. The van der Waals surface area contributed by atoms with E-state index in [-0.39, 0.29) is 33.0 Å². The molecule has 0 radical (unpaired) electrons. The van der Waals surface area contributed by atoms with Gasteiger partial charge in [0.2, 0.25) is 0 Å². The first-order chi connectivity index (χ1) is 29.1. The molecule has 14 heteroatoms. The number of hydrogen-bond acceptors (Lipinski definition) is 14. The van der Waals surface area contributed by atoms with E-state index >= 15 is 0 Å². The first-order valence-corrected chi connectivity index (χ1v) is 19.8. The van der Waals surface area contributed by atoms with Gasteiger partial charge in [-0.1, -0.05) is 121 Å². The topological polar surface area (TPSA) is 164 Å². The van der Waals surface area contributed by atoms with Crippen molar-refractivity contribution in [2.24, 2.45) is 0 Å². The van der Waals surface area contributed by atoms with Gasteiger partial charge in [-0.05, 0) is 22.3 Å². The van der Waals surface area contributed by atoms with Crippen LogP contribution in [-0.4, -0.2) is 97.6 Å². The van der Waals surface area contributed by atoms with E-state index in [2.05, 4.69) is 0 Å². The molecule has 0 unspecified atom stereocenters. The van der Waals surface area contributed by atoms with Gasteiger partial charge in [0.15, 0.2) is 30.9 Å². The fraction of sp³-hybridized carbons (Fsp3) is 0.413. The van der Waals surface area contributed by atoms with E-state index in [1.807, 2.05) is 121 Å². The molecular formula is C46H52O14. The monoisotopic (exact) mass is 828 g/mol. The normalized spacial score (nSPS) is 26.5.